The number of nitrogens with one attached hydrogen (secondary N) is 1. The van der Waals surface area contributed by atoms with Gasteiger partial charge in [-0.25, -0.2) is 0 Å². The number of carbonyl (C=O) groups excluding carboxylic acids is 1. The quantitative estimate of drug-likeness (QED) is 0.490. The Morgan fingerprint density at radius 3 is 2.61 bits per heavy atom. The molecule has 1 heterocycles. The molecular formula is C11H20N2O5. The SMILES string of the molecule is O=C(O)CC(O)CNCCC(=O)N1CCOCC1. The van der Waals surface area contributed by atoms with Gasteiger partial charge in [0.25, 0.3) is 0 Å². The first-order chi connectivity index (χ1) is 8.59. The lowest BCUT2D eigenvalue weighted by atomic mass is 10.2. The van der Waals surface area contributed by atoms with Crippen LogP contribution >= 0.6 is 0 Å². The van der Waals surface area contributed by atoms with Gasteiger partial charge in [-0.05, 0) is 0 Å². The minimum absolute atomic E-state index is 0.0542. The van der Waals surface area contributed by atoms with E-state index in [1.54, 1.807) is 4.90 Å². The average Bonchev–Trinajstić information content (AvgIpc) is 2.34. The highest BCUT2D eigenvalue weighted by Crippen LogP contribution is 1.99. The van der Waals surface area contributed by atoms with Crippen LogP contribution < -0.4 is 5.32 Å². The molecule has 0 aromatic rings. The van der Waals surface area contributed by atoms with Gasteiger partial charge in [0.2, 0.25) is 5.91 Å². The van der Waals surface area contributed by atoms with E-state index in [1.165, 1.54) is 0 Å². The number of carboxylic acids is 1. The predicted molar refractivity (Wildman–Crippen MR) is 63.1 cm³/mol. The van der Waals surface area contributed by atoms with Crippen molar-refractivity contribution in [2.24, 2.45) is 0 Å². The second-order valence-corrected chi connectivity index (χ2v) is 4.20. The van der Waals surface area contributed by atoms with Crippen LogP contribution in [0.2, 0.25) is 0 Å². The first-order valence-corrected chi connectivity index (χ1v) is 6.05. The second kappa shape index (κ2) is 8.02. The van der Waals surface area contributed by atoms with E-state index < -0.39 is 12.1 Å². The van der Waals surface area contributed by atoms with Crippen molar-refractivity contribution in [3.05, 3.63) is 0 Å². The lowest BCUT2D eigenvalue weighted by Crippen LogP contribution is -2.42. The van der Waals surface area contributed by atoms with Gasteiger partial charge in [-0.1, -0.05) is 0 Å². The van der Waals surface area contributed by atoms with Gasteiger partial charge in [0.15, 0.2) is 0 Å². The molecule has 0 aromatic carbocycles. The minimum atomic E-state index is -1.03. The number of morpholine rings is 1. The summed E-state index contributed by atoms with van der Waals surface area (Å²) in [6.07, 6.45) is -0.856. The van der Waals surface area contributed by atoms with E-state index in [4.69, 9.17) is 9.84 Å². The van der Waals surface area contributed by atoms with E-state index in [1.807, 2.05) is 0 Å². The van der Waals surface area contributed by atoms with Gasteiger partial charge in [-0.15, -0.1) is 0 Å². The van der Waals surface area contributed by atoms with Crippen molar-refractivity contribution in [1.29, 1.82) is 0 Å². The van der Waals surface area contributed by atoms with Crippen molar-refractivity contribution < 1.29 is 24.5 Å². The van der Waals surface area contributed by atoms with Crippen molar-refractivity contribution in [2.75, 3.05) is 39.4 Å². The molecule has 3 N–H and O–H groups in total. The number of ether oxygens (including phenoxy) is 1. The summed E-state index contributed by atoms with van der Waals surface area (Å²) in [5.74, 6) is -0.979. The maximum Gasteiger partial charge on any atom is 0.306 e. The summed E-state index contributed by atoms with van der Waals surface area (Å²) in [5, 5.41) is 20.6. The molecule has 0 aliphatic carbocycles. The van der Waals surface area contributed by atoms with Gasteiger partial charge in [0.05, 0.1) is 25.7 Å². The van der Waals surface area contributed by atoms with E-state index >= 15 is 0 Å². The fraction of sp³-hybridized carbons (Fsp3) is 0.818. The zero-order valence-corrected chi connectivity index (χ0v) is 10.3. The Bertz CT molecular complexity index is 279. The molecule has 1 saturated heterocycles. The topological polar surface area (TPSA) is 99.1 Å². The summed E-state index contributed by atoms with van der Waals surface area (Å²) in [4.78, 5) is 23.7. The van der Waals surface area contributed by atoms with Crippen LogP contribution in [-0.4, -0.2) is 72.5 Å². The Morgan fingerprint density at radius 2 is 2.00 bits per heavy atom. The summed E-state index contributed by atoms with van der Waals surface area (Å²) >= 11 is 0. The average molecular weight is 260 g/mol. The molecule has 1 aliphatic heterocycles. The minimum Gasteiger partial charge on any atom is -0.481 e. The van der Waals surface area contributed by atoms with E-state index in [0.717, 1.165) is 0 Å². The zero-order chi connectivity index (χ0) is 13.4. The van der Waals surface area contributed by atoms with Crippen LogP contribution in [0.3, 0.4) is 0 Å². The summed E-state index contributed by atoms with van der Waals surface area (Å²) in [6.45, 7) is 3.03. The Labute approximate surface area is 106 Å². The fourth-order valence-corrected chi connectivity index (χ4v) is 1.71. The van der Waals surface area contributed by atoms with Gasteiger partial charge in [-0.3, -0.25) is 9.59 Å². The molecule has 7 nitrogen and oxygen atoms in total. The number of aliphatic hydroxyl groups is 1. The van der Waals surface area contributed by atoms with Crippen LogP contribution in [0.1, 0.15) is 12.8 Å². The molecular weight excluding hydrogens is 240 g/mol. The largest absolute Gasteiger partial charge is 0.481 e. The first-order valence-electron chi connectivity index (χ1n) is 6.05. The van der Waals surface area contributed by atoms with Gasteiger partial charge in [0, 0.05) is 32.6 Å². The number of aliphatic hydroxyl groups excluding tert-OH is 1. The van der Waals surface area contributed by atoms with Crippen LogP contribution in [-0.2, 0) is 14.3 Å². The van der Waals surface area contributed by atoms with E-state index in [9.17, 15) is 14.7 Å². The van der Waals surface area contributed by atoms with Crippen LogP contribution in [0.25, 0.3) is 0 Å². The number of nitrogens with zero attached hydrogens (tertiary/aromatic N) is 1. The van der Waals surface area contributed by atoms with Crippen molar-refractivity contribution in [3.8, 4) is 0 Å². The molecule has 1 fully saturated rings. The molecule has 0 aromatic heterocycles. The second-order valence-electron chi connectivity index (χ2n) is 4.20. The number of hydrogen-bond donors (Lipinski definition) is 3. The molecule has 0 saturated carbocycles. The molecule has 1 unspecified atom stereocenters. The van der Waals surface area contributed by atoms with Crippen molar-refractivity contribution >= 4 is 11.9 Å². The van der Waals surface area contributed by atoms with Gasteiger partial charge >= 0.3 is 5.97 Å². The fourth-order valence-electron chi connectivity index (χ4n) is 1.71. The van der Waals surface area contributed by atoms with Gasteiger partial charge in [0.1, 0.15) is 0 Å². The Hall–Kier alpha value is -1.18. The number of hydrogen-bond acceptors (Lipinski definition) is 5. The standard InChI is InChI=1S/C11H20N2O5/c14-9(7-11(16)17)8-12-2-1-10(15)13-3-5-18-6-4-13/h9,12,14H,1-8H2,(H,16,17). The molecule has 1 aliphatic rings. The molecule has 7 heteroatoms. The predicted octanol–water partition coefficient (Wildman–Crippen LogP) is -1.34. The normalized spacial score (nSPS) is 17.5. The van der Waals surface area contributed by atoms with Gasteiger partial charge < -0.3 is 25.2 Å². The molecule has 1 rings (SSSR count). The van der Waals surface area contributed by atoms with E-state index in [-0.39, 0.29) is 18.9 Å². The van der Waals surface area contributed by atoms with Crippen molar-refractivity contribution in [1.82, 2.24) is 10.2 Å². The maximum absolute atomic E-state index is 11.7. The number of rotatable bonds is 7. The third-order valence-electron chi connectivity index (χ3n) is 2.67. The molecule has 0 spiro atoms. The number of carbonyl (C=O) groups is 2. The van der Waals surface area contributed by atoms with Crippen LogP contribution in [0.5, 0.6) is 0 Å². The Kier molecular flexibility index (Phi) is 6.63. The number of amides is 1. The third kappa shape index (κ3) is 5.95. The van der Waals surface area contributed by atoms with E-state index in [0.29, 0.717) is 39.3 Å². The summed E-state index contributed by atoms with van der Waals surface area (Å²) < 4.78 is 5.15. The third-order valence-corrected chi connectivity index (χ3v) is 2.67. The number of carboxylic acid groups (broad SMARTS) is 1. The maximum atomic E-state index is 11.7. The van der Waals surface area contributed by atoms with Crippen LogP contribution in [0.15, 0.2) is 0 Å². The molecule has 0 bridgehead atoms. The Morgan fingerprint density at radius 1 is 1.33 bits per heavy atom. The Balaban J connectivity index is 2.06. The lowest BCUT2D eigenvalue weighted by Gasteiger charge is -2.26. The molecule has 18 heavy (non-hydrogen) atoms. The smallest absolute Gasteiger partial charge is 0.306 e. The molecule has 104 valence electrons. The van der Waals surface area contributed by atoms with Crippen LogP contribution in [0.4, 0.5) is 0 Å². The van der Waals surface area contributed by atoms with Crippen LogP contribution in [0, 0.1) is 0 Å². The molecule has 1 atom stereocenters. The summed E-state index contributed by atoms with van der Waals surface area (Å²) in [7, 11) is 0. The van der Waals surface area contributed by atoms with Gasteiger partial charge in [-0.2, -0.15) is 0 Å². The summed E-state index contributed by atoms with van der Waals surface area (Å²) in [5.41, 5.74) is 0. The highest BCUT2D eigenvalue weighted by atomic mass is 16.5. The molecule has 0 radical (unpaired) electrons. The number of aliphatic carboxylic acids is 1. The van der Waals surface area contributed by atoms with Crippen molar-refractivity contribution in [3.63, 3.8) is 0 Å². The highest BCUT2D eigenvalue weighted by molar-refractivity contribution is 5.76. The summed E-state index contributed by atoms with van der Waals surface area (Å²) in [6, 6.07) is 0. The first kappa shape index (κ1) is 14.9. The lowest BCUT2D eigenvalue weighted by molar-refractivity contribution is -0.139. The highest BCUT2D eigenvalue weighted by Gasteiger charge is 2.16. The van der Waals surface area contributed by atoms with E-state index in [2.05, 4.69) is 5.32 Å². The zero-order valence-electron chi connectivity index (χ0n) is 10.3. The molecule has 1 amide bonds. The van der Waals surface area contributed by atoms with Crippen molar-refractivity contribution in [2.45, 2.75) is 18.9 Å². The monoisotopic (exact) mass is 260 g/mol.